The normalized spacial score (nSPS) is 10.7. The van der Waals surface area contributed by atoms with Gasteiger partial charge in [0.25, 0.3) is 5.56 Å². The largest absolute Gasteiger partial charge is 0.311 e. The number of nitrogens with zero attached hydrogens (tertiary/aromatic N) is 3. The van der Waals surface area contributed by atoms with E-state index in [1.807, 2.05) is 19.1 Å². The highest BCUT2D eigenvalue weighted by atomic mass is 16.2. The van der Waals surface area contributed by atoms with Crippen LogP contribution < -0.4 is 10.9 Å². The first kappa shape index (κ1) is 14.9. The SMILES string of the molecule is Cc1cccc2c(=O)n(CCC(=O)Nc3ccccn3)cnc12. The molecule has 1 N–H and O–H groups in total. The van der Waals surface area contributed by atoms with E-state index in [-0.39, 0.29) is 24.4 Å². The van der Waals surface area contributed by atoms with Crippen LogP contribution in [0.15, 0.2) is 53.7 Å². The van der Waals surface area contributed by atoms with E-state index in [0.29, 0.717) is 16.7 Å². The lowest BCUT2D eigenvalue weighted by Crippen LogP contribution is -2.24. The number of anilines is 1. The standard InChI is InChI=1S/C17H16N4O2/c1-12-5-4-6-13-16(12)19-11-21(17(13)23)10-8-15(22)20-14-7-2-3-9-18-14/h2-7,9,11H,8,10H2,1H3,(H,18,20,22). The van der Waals surface area contributed by atoms with Gasteiger partial charge in [0.2, 0.25) is 5.91 Å². The van der Waals surface area contributed by atoms with E-state index >= 15 is 0 Å². The van der Waals surface area contributed by atoms with Crippen LogP contribution in [0.1, 0.15) is 12.0 Å². The summed E-state index contributed by atoms with van der Waals surface area (Å²) in [6.45, 7) is 2.19. The molecule has 3 rings (SSSR count). The van der Waals surface area contributed by atoms with Gasteiger partial charge in [-0.25, -0.2) is 9.97 Å². The summed E-state index contributed by atoms with van der Waals surface area (Å²) in [5, 5.41) is 3.26. The predicted molar refractivity (Wildman–Crippen MR) is 88.2 cm³/mol. The molecular weight excluding hydrogens is 292 g/mol. The maximum absolute atomic E-state index is 12.4. The number of hydrogen-bond donors (Lipinski definition) is 1. The Morgan fingerprint density at radius 3 is 2.83 bits per heavy atom. The molecule has 0 spiro atoms. The summed E-state index contributed by atoms with van der Waals surface area (Å²) in [6, 6.07) is 10.8. The van der Waals surface area contributed by atoms with E-state index < -0.39 is 0 Å². The third-order valence-corrected chi connectivity index (χ3v) is 3.57. The van der Waals surface area contributed by atoms with Crippen molar-refractivity contribution in [2.24, 2.45) is 0 Å². The second kappa shape index (κ2) is 6.39. The first-order chi connectivity index (χ1) is 11.1. The second-order valence-electron chi connectivity index (χ2n) is 5.23. The highest BCUT2D eigenvalue weighted by molar-refractivity contribution is 5.89. The smallest absolute Gasteiger partial charge is 0.261 e. The zero-order valence-electron chi connectivity index (χ0n) is 12.7. The summed E-state index contributed by atoms with van der Waals surface area (Å²) in [7, 11) is 0. The summed E-state index contributed by atoms with van der Waals surface area (Å²) in [6.07, 6.45) is 3.27. The Morgan fingerprint density at radius 1 is 1.17 bits per heavy atom. The molecule has 2 heterocycles. The summed E-state index contributed by atoms with van der Waals surface area (Å²) >= 11 is 0. The minimum atomic E-state index is -0.195. The van der Waals surface area contributed by atoms with Crippen LogP contribution >= 0.6 is 0 Å². The second-order valence-corrected chi connectivity index (χ2v) is 5.23. The van der Waals surface area contributed by atoms with Crippen LogP contribution in [-0.2, 0) is 11.3 Å². The Morgan fingerprint density at radius 2 is 2.04 bits per heavy atom. The van der Waals surface area contributed by atoms with Crippen LogP contribution in [0, 0.1) is 6.92 Å². The van der Waals surface area contributed by atoms with E-state index in [1.165, 1.54) is 10.9 Å². The number of aromatic nitrogens is 3. The molecule has 0 atom stereocenters. The van der Waals surface area contributed by atoms with Gasteiger partial charge in [-0.3, -0.25) is 14.2 Å². The fourth-order valence-corrected chi connectivity index (χ4v) is 2.36. The lowest BCUT2D eigenvalue weighted by molar-refractivity contribution is -0.116. The van der Waals surface area contributed by atoms with Gasteiger partial charge in [0, 0.05) is 19.2 Å². The molecule has 3 aromatic rings. The number of fused-ring (bicyclic) bond motifs is 1. The van der Waals surface area contributed by atoms with E-state index in [1.54, 1.807) is 30.5 Å². The minimum absolute atomic E-state index is 0.135. The summed E-state index contributed by atoms with van der Waals surface area (Å²) in [5.41, 5.74) is 1.52. The molecule has 2 aromatic heterocycles. The van der Waals surface area contributed by atoms with Gasteiger partial charge in [0.15, 0.2) is 0 Å². The van der Waals surface area contributed by atoms with Crippen LogP contribution in [0.4, 0.5) is 5.82 Å². The molecule has 0 fully saturated rings. The summed E-state index contributed by atoms with van der Waals surface area (Å²) < 4.78 is 1.46. The van der Waals surface area contributed by atoms with Crippen molar-refractivity contribution in [3.8, 4) is 0 Å². The van der Waals surface area contributed by atoms with Gasteiger partial charge in [-0.05, 0) is 30.7 Å². The van der Waals surface area contributed by atoms with Gasteiger partial charge in [0.1, 0.15) is 5.82 Å². The first-order valence-corrected chi connectivity index (χ1v) is 7.31. The fourth-order valence-electron chi connectivity index (χ4n) is 2.36. The number of carbonyl (C=O) groups excluding carboxylic acids is 1. The molecule has 1 amide bonds. The molecule has 0 bridgehead atoms. The van der Waals surface area contributed by atoms with E-state index in [9.17, 15) is 9.59 Å². The van der Waals surface area contributed by atoms with Crippen molar-refractivity contribution in [2.45, 2.75) is 19.9 Å². The Labute approximate surface area is 132 Å². The molecule has 0 aliphatic rings. The average molecular weight is 308 g/mol. The van der Waals surface area contributed by atoms with Crippen molar-refractivity contribution in [1.82, 2.24) is 14.5 Å². The van der Waals surface area contributed by atoms with Gasteiger partial charge >= 0.3 is 0 Å². The predicted octanol–water partition coefficient (Wildman–Crippen LogP) is 2.13. The maximum Gasteiger partial charge on any atom is 0.261 e. The van der Waals surface area contributed by atoms with Crippen molar-refractivity contribution in [3.05, 3.63) is 64.8 Å². The Balaban J connectivity index is 1.74. The molecule has 0 aliphatic carbocycles. The summed E-state index contributed by atoms with van der Waals surface area (Å²) in [5.74, 6) is 0.303. The number of benzene rings is 1. The van der Waals surface area contributed by atoms with Crippen molar-refractivity contribution < 1.29 is 4.79 Å². The van der Waals surface area contributed by atoms with Crippen molar-refractivity contribution in [1.29, 1.82) is 0 Å². The molecule has 0 radical (unpaired) electrons. The molecule has 6 heteroatoms. The van der Waals surface area contributed by atoms with E-state index in [0.717, 1.165) is 5.56 Å². The molecular formula is C17H16N4O2. The topological polar surface area (TPSA) is 76.9 Å². The molecule has 0 unspecified atom stereocenters. The third-order valence-electron chi connectivity index (χ3n) is 3.57. The van der Waals surface area contributed by atoms with Crippen molar-refractivity contribution >= 4 is 22.6 Å². The lowest BCUT2D eigenvalue weighted by Gasteiger charge is -2.08. The lowest BCUT2D eigenvalue weighted by atomic mass is 10.1. The van der Waals surface area contributed by atoms with Crippen molar-refractivity contribution in [2.75, 3.05) is 5.32 Å². The number of nitrogens with one attached hydrogen (secondary N) is 1. The minimum Gasteiger partial charge on any atom is -0.311 e. The number of aryl methyl sites for hydroxylation is 2. The Bertz CT molecular complexity index is 903. The molecule has 23 heavy (non-hydrogen) atoms. The molecule has 1 aromatic carbocycles. The Hall–Kier alpha value is -3.02. The van der Waals surface area contributed by atoms with Gasteiger partial charge in [-0.1, -0.05) is 18.2 Å². The highest BCUT2D eigenvalue weighted by Gasteiger charge is 2.08. The maximum atomic E-state index is 12.4. The molecule has 0 saturated heterocycles. The monoisotopic (exact) mass is 308 g/mol. The number of hydrogen-bond acceptors (Lipinski definition) is 4. The molecule has 6 nitrogen and oxygen atoms in total. The zero-order valence-corrected chi connectivity index (χ0v) is 12.7. The van der Waals surface area contributed by atoms with Crippen LogP contribution in [0.2, 0.25) is 0 Å². The quantitative estimate of drug-likeness (QED) is 0.801. The van der Waals surface area contributed by atoms with E-state index in [2.05, 4.69) is 15.3 Å². The van der Waals surface area contributed by atoms with Crippen LogP contribution in [0.3, 0.4) is 0 Å². The average Bonchev–Trinajstić information content (AvgIpc) is 2.56. The number of rotatable bonds is 4. The number of pyridine rings is 1. The third kappa shape index (κ3) is 3.26. The molecule has 0 saturated carbocycles. The molecule has 0 aliphatic heterocycles. The highest BCUT2D eigenvalue weighted by Crippen LogP contribution is 2.11. The first-order valence-electron chi connectivity index (χ1n) is 7.31. The van der Waals surface area contributed by atoms with Gasteiger partial charge in [-0.2, -0.15) is 0 Å². The number of para-hydroxylation sites is 1. The fraction of sp³-hybridized carbons (Fsp3) is 0.176. The summed E-state index contributed by atoms with van der Waals surface area (Å²) in [4.78, 5) is 32.7. The molecule has 116 valence electrons. The zero-order chi connectivity index (χ0) is 16.2. The van der Waals surface area contributed by atoms with Crippen LogP contribution in [0.25, 0.3) is 10.9 Å². The Kier molecular flexibility index (Phi) is 4.14. The van der Waals surface area contributed by atoms with Gasteiger partial charge < -0.3 is 5.32 Å². The van der Waals surface area contributed by atoms with E-state index in [4.69, 9.17) is 0 Å². The number of amides is 1. The number of carbonyl (C=O) groups is 1. The van der Waals surface area contributed by atoms with Gasteiger partial charge in [0.05, 0.1) is 17.2 Å². The van der Waals surface area contributed by atoms with Crippen LogP contribution in [-0.4, -0.2) is 20.4 Å². The van der Waals surface area contributed by atoms with Gasteiger partial charge in [-0.15, -0.1) is 0 Å². The van der Waals surface area contributed by atoms with Crippen LogP contribution in [0.5, 0.6) is 0 Å². The van der Waals surface area contributed by atoms with Crippen molar-refractivity contribution in [3.63, 3.8) is 0 Å².